The molecule has 29 heavy (non-hydrogen) atoms. The van der Waals surface area contributed by atoms with Gasteiger partial charge in [-0.3, -0.25) is 0 Å². The van der Waals surface area contributed by atoms with Gasteiger partial charge in [0.1, 0.15) is 5.58 Å². The summed E-state index contributed by atoms with van der Waals surface area (Å²) in [6, 6.07) is 16.7. The molecule has 0 saturated heterocycles. The van der Waals surface area contributed by atoms with Gasteiger partial charge in [0.05, 0.1) is 0 Å². The zero-order chi connectivity index (χ0) is 21.0. The number of nitrogens with zero attached hydrogens (tertiary/aromatic N) is 1. The van der Waals surface area contributed by atoms with Crippen LogP contribution in [0.3, 0.4) is 0 Å². The average molecular weight is 393 g/mol. The van der Waals surface area contributed by atoms with Crippen LogP contribution in [-0.4, -0.2) is 31.6 Å². The first-order valence-corrected chi connectivity index (χ1v) is 10.3. The van der Waals surface area contributed by atoms with Crippen LogP contribution in [0.4, 0.5) is 0 Å². The zero-order valence-electron chi connectivity index (χ0n) is 18.2. The molecule has 3 rings (SSSR count). The normalized spacial score (nSPS) is 12.8. The molecule has 0 amide bonds. The van der Waals surface area contributed by atoms with Gasteiger partial charge in [-0.05, 0) is 67.7 Å². The second-order valence-electron chi connectivity index (χ2n) is 8.39. The maximum absolute atomic E-state index is 12.1. The number of fused-ring (bicyclic) bond motifs is 1. The Bertz CT molecular complexity index is 1010. The fourth-order valence-corrected chi connectivity index (χ4v) is 3.86. The molecule has 1 atom stereocenters. The molecule has 0 aliphatic carbocycles. The van der Waals surface area contributed by atoms with Crippen LogP contribution in [0.1, 0.15) is 42.0 Å². The molecule has 154 valence electrons. The lowest BCUT2D eigenvalue weighted by molar-refractivity contribution is 0.281. The van der Waals surface area contributed by atoms with Crippen molar-refractivity contribution in [3.63, 3.8) is 0 Å². The maximum Gasteiger partial charge on any atom is 0.336 e. The van der Waals surface area contributed by atoms with Crippen LogP contribution in [0.2, 0.25) is 0 Å². The van der Waals surface area contributed by atoms with E-state index in [0.717, 1.165) is 29.5 Å². The van der Waals surface area contributed by atoms with Crippen molar-refractivity contribution >= 4 is 11.0 Å². The van der Waals surface area contributed by atoms with Gasteiger partial charge in [-0.15, -0.1) is 0 Å². The number of hydrogen-bond acceptors (Lipinski definition) is 4. The molecule has 0 fully saturated rings. The summed E-state index contributed by atoms with van der Waals surface area (Å²) < 4.78 is 5.47. The zero-order valence-corrected chi connectivity index (χ0v) is 18.2. The highest BCUT2D eigenvalue weighted by Gasteiger charge is 2.14. The Labute approximate surface area is 173 Å². The molecule has 2 aromatic carbocycles. The van der Waals surface area contributed by atoms with Crippen LogP contribution < -0.4 is 10.9 Å². The first-order chi connectivity index (χ1) is 13.8. The fourth-order valence-electron chi connectivity index (χ4n) is 3.86. The van der Waals surface area contributed by atoms with E-state index in [1.165, 1.54) is 11.1 Å². The molecule has 1 aromatic heterocycles. The van der Waals surface area contributed by atoms with Crippen molar-refractivity contribution in [2.75, 3.05) is 20.6 Å². The molecule has 0 aliphatic heterocycles. The first kappa shape index (κ1) is 21.3. The number of rotatable bonds is 8. The standard InChI is InChI=1S/C25H32N2O2/c1-17(2)22-14-23-20(13-25(28)29-24(23)11-18(22)3)15-26-16-21(27(4)5)12-19-9-7-6-8-10-19/h6-11,13-14,17,21,26H,12,15-16H2,1-5H3/t21-/m1/s1. The van der Waals surface area contributed by atoms with E-state index in [4.69, 9.17) is 4.42 Å². The Morgan fingerprint density at radius 2 is 1.79 bits per heavy atom. The molecule has 0 bridgehead atoms. The van der Waals surface area contributed by atoms with Gasteiger partial charge in [0, 0.05) is 30.6 Å². The lowest BCUT2D eigenvalue weighted by Crippen LogP contribution is -2.39. The molecule has 1 heterocycles. The number of nitrogens with one attached hydrogen (secondary N) is 1. The summed E-state index contributed by atoms with van der Waals surface area (Å²) >= 11 is 0. The van der Waals surface area contributed by atoms with Gasteiger partial charge in [-0.25, -0.2) is 4.79 Å². The van der Waals surface area contributed by atoms with E-state index >= 15 is 0 Å². The molecule has 0 spiro atoms. The number of aryl methyl sites for hydroxylation is 1. The van der Waals surface area contributed by atoms with Crippen molar-refractivity contribution in [1.82, 2.24) is 10.2 Å². The summed E-state index contributed by atoms with van der Waals surface area (Å²) in [5.41, 5.74) is 5.16. The molecule has 4 nitrogen and oxygen atoms in total. The predicted octanol–water partition coefficient (Wildman–Crippen LogP) is 4.49. The minimum absolute atomic E-state index is 0.292. The molecule has 0 aliphatic rings. The molecular formula is C25H32N2O2. The maximum atomic E-state index is 12.1. The summed E-state index contributed by atoms with van der Waals surface area (Å²) in [6.07, 6.45) is 0.981. The van der Waals surface area contributed by atoms with E-state index in [0.29, 0.717) is 24.1 Å². The van der Waals surface area contributed by atoms with E-state index in [1.54, 1.807) is 6.07 Å². The third-order valence-electron chi connectivity index (χ3n) is 5.58. The molecule has 0 saturated carbocycles. The van der Waals surface area contributed by atoms with Crippen molar-refractivity contribution in [2.24, 2.45) is 0 Å². The van der Waals surface area contributed by atoms with E-state index in [1.807, 2.05) is 12.1 Å². The Morgan fingerprint density at radius 3 is 2.45 bits per heavy atom. The van der Waals surface area contributed by atoms with Gasteiger partial charge < -0.3 is 14.6 Å². The SMILES string of the molecule is Cc1cc2oc(=O)cc(CNC[C@@H](Cc3ccccc3)N(C)C)c2cc1C(C)C. The largest absolute Gasteiger partial charge is 0.423 e. The second kappa shape index (κ2) is 9.38. The van der Waals surface area contributed by atoms with E-state index < -0.39 is 0 Å². The van der Waals surface area contributed by atoms with Crippen LogP contribution in [0, 0.1) is 6.92 Å². The topological polar surface area (TPSA) is 45.5 Å². The van der Waals surface area contributed by atoms with Crippen molar-refractivity contribution < 1.29 is 4.42 Å². The summed E-state index contributed by atoms with van der Waals surface area (Å²) in [5, 5.41) is 4.59. The van der Waals surface area contributed by atoms with Crippen LogP contribution in [-0.2, 0) is 13.0 Å². The molecule has 0 unspecified atom stereocenters. The fraction of sp³-hybridized carbons (Fsp3) is 0.400. The van der Waals surface area contributed by atoms with E-state index in [9.17, 15) is 4.79 Å². The summed E-state index contributed by atoms with van der Waals surface area (Å²) in [7, 11) is 4.22. The third-order valence-corrected chi connectivity index (χ3v) is 5.58. The quantitative estimate of drug-likeness (QED) is 0.574. The Morgan fingerprint density at radius 1 is 1.07 bits per heavy atom. The summed E-state index contributed by atoms with van der Waals surface area (Å²) in [6.45, 7) is 7.94. The highest BCUT2D eigenvalue weighted by molar-refractivity contribution is 5.82. The molecule has 3 aromatic rings. The first-order valence-electron chi connectivity index (χ1n) is 10.3. The smallest absolute Gasteiger partial charge is 0.336 e. The molecule has 1 N–H and O–H groups in total. The predicted molar refractivity (Wildman–Crippen MR) is 121 cm³/mol. The second-order valence-corrected chi connectivity index (χ2v) is 8.39. The summed E-state index contributed by atoms with van der Waals surface area (Å²) in [5.74, 6) is 0.427. The van der Waals surface area contributed by atoms with Crippen molar-refractivity contribution in [3.05, 3.63) is 81.2 Å². The minimum atomic E-state index is -0.292. The Kier molecular flexibility index (Phi) is 6.88. The van der Waals surface area contributed by atoms with Crippen molar-refractivity contribution in [2.45, 2.75) is 45.7 Å². The van der Waals surface area contributed by atoms with Gasteiger partial charge in [-0.1, -0.05) is 44.2 Å². The van der Waals surface area contributed by atoms with Gasteiger partial charge in [0.15, 0.2) is 0 Å². The average Bonchev–Trinajstić information content (AvgIpc) is 2.66. The van der Waals surface area contributed by atoms with Crippen LogP contribution >= 0.6 is 0 Å². The van der Waals surface area contributed by atoms with Gasteiger partial charge in [-0.2, -0.15) is 0 Å². The van der Waals surface area contributed by atoms with Gasteiger partial charge in [0.25, 0.3) is 0 Å². The van der Waals surface area contributed by atoms with Crippen molar-refractivity contribution in [3.8, 4) is 0 Å². The molecule has 0 radical (unpaired) electrons. The van der Waals surface area contributed by atoms with Crippen LogP contribution in [0.5, 0.6) is 0 Å². The lowest BCUT2D eigenvalue weighted by atomic mass is 9.95. The minimum Gasteiger partial charge on any atom is -0.423 e. The molecular weight excluding hydrogens is 360 g/mol. The van der Waals surface area contributed by atoms with Gasteiger partial charge >= 0.3 is 5.63 Å². The number of hydrogen-bond donors (Lipinski definition) is 1. The summed E-state index contributed by atoms with van der Waals surface area (Å²) in [4.78, 5) is 14.3. The number of likely N-dealkylation sites (N-methyl/N-ethyl adjacent to an activating group) is 1. The van der Waals surface area contributed by atoms with Crippen LogP contribution in [0.25, 0.3) is 11.0 Å². The highest BCUT2D eigenvalue weighted by Crippen LogP contribution is 2.26. The number of benzene rings is 2. The highest BCUT2D eigenvalue weighted by atomic mass is 16.4. The van der Waals surface area contributed by atoms with Crippen LogP contribution in [0.15, 0.2) is 57.7 Å². The monoisotopic (exact) mass is 392 g/mol. The van der Waals surface area contributed by atoms with Crippen molar-refractivity contribution in [1.29, 1.82) is 0 Å². The third kappa shape index (κ3) is 5.34. The van der Waals surface area contributed by atoms with E-state index in [-0.39, 0.29) is 5.63 Å². The lowest BCUT2D eigenvalue weighted by Gasteiger charge is -2.25. The van der Waals surface area contributed by atoms with E-state index in [2.05, 4.69) is 75.4 Å². The Balaban J connectivity index is 1.78. The molecule has 4 heteroatoms. The Hall–Kier alpha value is -2.43. The van der Waals surface area contributed by atoms with Gasteiger partial charge in [0.2, 0.25) is 0 Å².